The van der Waals surface area contributed by atoms with Gasteiger partial charge in [-0.15, -0.1) is 0 Å². The molecular formula is C10H14N2O. The third-order valence-electron chi connectivity index (χ3n) is 2.79. The van der Waals surface area contributed by atoms with E-state index in [2.05, 4.69) is 0 Å². The molecule has 1 aromatic rings. The first-order valence-electron chi connectivity index (χ1n) is 4.61. The molecule has 0 aliphatic heterocycles. The lowest BCUT2D eigenvalue weighted by Gasteiger charge is -2.13. The zero-order chi connectivity index (χ0) is 9.31. The molecule has 1 saturated carbocycles. The smallest absolute Gasteiger partial charge is 0.250 e. The number of rotatable bonds is 3. The van der Waals surface area contributed by atoms with Crippen molar-refractivity contribution in [2.75, 3.05) is 6.54 Å². The van der Waals surface area contributed by atoms with Gasteiger partial charge in [-0.2, -0.15) is 0 Å². The molecule has 0 radical (unpaired) electrons. The highest BCUT2D eigenvalue weighted by Gasteiger charge is 2.41. The van der Waals surface area contributed by atoms with Crippen LogP contribution in [0, 0.1) is 5.41 Å². The van der Waals surface area contributed by atoms with E-state index in [9.17, 15) is 4.79 Å². The molecule has 1 fully saturated rings. The molecular weight excluding hydrogens is 164 g/mol. The summed E-state index contributed by atoms with van der Waals surface area (Å²) in [5.74, 6) is 0. The van der Waals surface area contributed by atoms with Gasteiger partial charge >= 0.3 is 0 Å². The molecule has 0 aromatic carbocycles. The Labute approximate surface area is 77.2 Å². The summed E-state index contributed by atoms with van der Waals surface area (Å²) in [6, 6.07) is 5.24. The molecule has 13 heavy (non-hydrogen) atoms. The molecule has 1 heterocycles. The summed E-state index contributed by atoms with van der Waals surface area (Å²) in [4.78, 5) is 11.4. The fraction of sp³-hybridized carbons (Fsp3) is 0.500. The van der Waals surface area contributed by atoms with E-state index in [1.165, 1.54) is 0 Å². The zero-order valence-corrected chi connectivity index (χ0v) is 7.57. The Balaban J connectivity index is 2.19. The summed E-state index contributed by atoms with van der Waals surface area (Å²) in [5, 5.41) is 0. The average Bonchev–Trinajstić information content (AvgIpc) is 2.90. The Morgan fingerprint density at radius 1 is 1.46 bits per heavy atom. The van der Waals surface area contributed by atoms with Gasteiger partial charge in [0.15, 0.2) is 0 Å². The molecule has 70 valence electrons. The summed E-state index contributed by atoms with van der Waals surface area (Å²) in [6.45, 7) is 1.47. The van der Waals surface area contributed by atoms with Crippen LogP contribution in [0.3, 0.4) is 0 Å². The number of hydrogen-bond acceptors (Lipinski definition) is 2. The van der Waals surface area contributed by atoms with E-state index in [1.54, 1.807) is 16.7 Å². The van der Waals surface area contributed by atoms with E-state index in [0.29, 0.717) is 6.54 Å². The van der Waals surface area contributed by atoms with Crippen LogP contribution >= 0.6 is 0 Å². The molecule has 3 nitrogen and oxygen atoms in total. The van der Waals surface area contributed by atoms with Gasteiger partial charge in [0, 0.05) is 24.2 Å². The lowest BCUT2D eigenvalue weighted by atomic mass is 10.1. The van der Waals surface area contributed by atoms with Crippen LogP contribution in [0.1, 0.15) is 12.8 Å². The van der Waals surface area contributed by atoms with E-state index < -0.39 is 0 Å². The summed E-state index contributed by atoms with van der Waals surface area (Å²) in [5.41, 5.74) is 5.95. The second kappa shape index (κ2) is 3.00. The Bertz CT molecular complexity index is 352. The largest absolute Gasteiger partial charge is 0.330 e. The highest BCUT2D eigenvalue weighted by molar-refractivity contribution is 4.99. The molecule has 1 aliphatic carbocycles. The normalized spacial score (nSPS) is 18.5. The minimum absolute atomic E-state index is 0.0715. The maximum atomic E-state index is 11.4. The SMILES string of the molecule is NCC1(Cn2ccccc2=O)CC1. The van der Waals surface area contributed by atoms with Crippen molar-refractivity contribution >= 4 is 0 Å². The Kier molecular flexibility index (Phi) is 1.96. The minimum atomic E-state index is 0.0715. The van der Waals surface area contributed by atoms with Crippen LogP contribution in [-0.4, -0.2) is 11.1 Å². The van der Waals surface area contributed by atoms with Crippen molar-refractivity contribution in [3.63, 3.8) is 0 Å². The lowest BCUT2D eigenvalue weighted by Crippen LogP contribution is -2.27. The topological polar surface area (TPSA) is 48.0 Å². The molecule has 2 N–H and O–H groups in total. The monoisotopic (exact) mass is 178 g/mol. The molecule has 0 amide bonds. The summed E-state index contributed by atoms with van der Waals surface area (Å²) >= 11 is 0. The van der Waals surface area contributed by atoms with Crippen molar-refractivity contribution < 1.29 is 0 Å². The third kappa shape index (κ3) is 1.65. The van der Waals surface area contributed by atoms with E-state index in [4.69, 9.17) is 5.73 Å². The van der Waals surface area contributed by atoms with Crippen molar-refractivity contribution in [1.29, 1.82) is 0 Å². The van der Waals surface area contributed by atoms with Crippen molar-refractivity contribution in [1.82, 2.24) is 4.57 Å². The minimum Gasteiger partial charge on any atom is -0.330 e. The van der Waals surface area contributed by atoms with Crippen LogP contribution in [-0.2, 0) is 6.54 Å². The number of pyridine rings is 1. The molecule has 0 saturated heterocycles. The standard InChI is InChI=1S/C10H14N2O/c11-7-10(4-5-10)8-12-6-2-1-3-9(12)13/h1-3,6H,4-5,7-8,11H2. The highest BCUT2D eigenvalue weighted by atomic mass is 16.1. The molecule has 3 heteroatoms. The summed E-state index contributed by atoms with van der Waals surface area (Å²) < 4.78 is 1.75. The van der Waals surface area contributed by atoms with Crippen molar-refractivity contribution in [2.24, 2.45) is 11.1 Å². The first kappa shape index (κ1) is 8.51. The van der Waals surface area contributed by atoms with Gasteiger partial charge in [-0.25, -0.2) is 0 Å². The predicted molar refractivity (Wildman–Crippen MR) is 51.4 cm³/mol. The molecule has 0 spiro atoms. The summed E-state index contributed by atoms with van der Waals surface area (Å²) in [6.07, 6.45) is 4.15. The van der Waals surface area contributed by atoms with Gasteiger partial charge in [0.25, 0.3) is 5.56 Å². The van der Waals surface area contributed by atoms with Crippen LogP contribution in [0.5, 0.6) is 0 Å². The molecule has 0 unspecified atom stereocenters. The van der Waals surface area contributed by atoms with Gasteiger partial charge in [-0.3, -0.25) is 4.79 Å². The van der Waals surface area contributed by atoms with Crippen LogP contribution in [0.4, 0.5) is 0 Å². The molecule has 2 rings (SSSR count). The van der Waals surface area contributed by atoms with Gasteiger partial charge in [-0.05, 0) is 25.5 Å². The van der Waals surface area contributed by atoms with E-state index in [-0.39, 0.29) is 11.0 Å². The molecule has 1 aromatic heterocycles. The first-order chi connectivity index (χ1) is 6.26. The number of aromatic nitrogens is 1. The second-order valence-corrected chi connectivity index (χ2v) is 3.87. The zero-order valence-electron chi connectivity index (χ0n) is 7.57. The third-order valence-corrected chi connectivity index (χ3v) is 2.79. The quantitative estimate of drug-likeness (QED) is 0.736. The molecule has 0 bridgehead atoms. The van der Waals surface area contributed by atoms with Crippen LogP contribution in [0.2, 0.25) is 0 Å². The number of nitrogens with two attached hydrogens (primary N) is 1. The van der Waals surface area contributed by atoms with E-state index in [1.807, 2.05) is 12.3 Å². The van der Waals surface area contributed by atoms with Gasteiger partial charge < -0.3 is 10.3 Å². The van der Waals surface area contributed by atoms with Crippen LogP contribution < -0.4 is 11.3 Å². The number of nitrogens with zero attached hydrogens (tertiary/aromatic N) is 1. The van der Waals surface area contributed by atoms with Crippen molar-refractivity contribution in [2.45, 2.75) is 19.4 Å². The van der Waals surface area contributed by atoms with Crippen LogP contribution in [0.25, 0.3) is 0 Å². The Morgan fingerprint density at radius 2 is 2.23 bits per heavy atom. The molecule has 1 aliphatic rings. The average molecular weight is 178 g/mol. The van der Waals surface area contributed by atoms with Gasteiger partial charge in [0.1, 0.15) is 0 Å². The fourth-order valence-electron chi connectivity index (χ4n) is 1.56. The predicted octanol–water partition coefficient (Wildman–Crippen LogP) is 0.587. The first-order valence-corrected chi connectivity index (χ1v) is 4.61. The van der Waals surface area contributed by atoms with Crippen molar-refractivity contribution in [3.8, 4) is 0 Å². The number of hydrogen-bond donors (Lipinski definition) is 1. The summed E-state index contributed by atoms with van der Waals surface area (Å²) in [7, 11) is 0. The maximum absolute atomic E-state index is 11.4. The van der Waals surface area contributed by atoms with E-state index in [0.717, 1.165) is 19.4 Å². The highest BCUT2D eigenvalue weighted by Crippen LogP contribution is 2.45. The van der Waals surface area contributed by atoms with Gasteiger partial charge in [0.2, 0.25) is 0 Å². The Morgan fingerprint density at radius 3 is 2.77 bits per heavy atom. The fourth-order valence-corrected chi connectivity index (χ4v) is 1.56. The lowest BCUT2D eigenvalue weighted by molar-refractivity contribution is 0.425. The van der Waals surface area contributed by atoms with Gasteiger partial charge in [0.05, 0.1) is 0 Å². The van der Waals surface area contributed by atoms with E-state index >= 15 is 0 Å². The second-order valence-electron chi connectivity index (χ2n) is 3.87. The Hall–Kier alpha value is -1.09. The van der Waals surface area contributed by atoms with Crippen molar-refractivity contribution in [3.05, 3.63) is 34.7 Å². The van der Waals surface area contributed by atoms with Gasteiger partial charge in [-0.1, -0.05) is 6.07 Å². The van der Waals surface area contributed by atoms with Crippen LogP contribution in [0.15, 0.2) is 29.2 Å². The maximum Gasteiger partial charge on any atom is 0.250 e. The molecule has 0 atom stereocenters.